The maximum atomic E-state index is 5.93. The molecule has 1 aromatic heterocycles. The minimum atomic E-state index is 0.715. The third-order valence-electron chi connectivity index (χ3n) is 2.00. The Bertz CT molecular complexity index is 475. The second-order valence-electron chi connectivity index (χ2n) is 3.04. The summed E-state index contributed by atoms with van der Waals surface area (Å²) >= 11 is 5.93. The van der Waals surface area contributed by atoms with Crippen molar-refractivity contribution in [2.45, 2.75) is 6.92 Å². The number of hydrogen-bond donors (Lipinski definition) is 0. The van der Waals surface area contributed by atoms with Gasteiger partial charge in [0.25, 0.3) is 0 Å². The maximum Gasteiger partial charge on any atom is 0.138 e. The van der Waals surface area contributed by atoms with Crippen LogP contribution in [0.4, 0.5) is 0 Å². The molecule has 76 valence electrons. The molecule has 0 saturated heterocycles. The Morgan fingerprint density at radius 1 is 1.40 bits per heavy atom. The van der Waals surface area contributed by atoms with Gasteiger partial charge in [-0.15, -0.1) is 0 Å². The van der Waals surface area contributed by atoms with Gasteiger partial charge in [-0.25, -0.2) is 9.67 Å². The molecule has 0 aliphatic rings. The SMILES string of the molecule is C/C=C/c1cc(Cl)ccc1-n1cncn1. The van der Waals surface area contributed by atoms with Gasteiger partial charge in [0.1, 0.15) is 12.7 Å². The molecule has 15 heavy (non-hydrogen) atoms. The van der Waals surface area contributed by atoms with Crippen molar-refractivity contribution in [2.24, 2.45) is 0 Å². The number of aromatic nitrogens is 3. The highest BCUT2D eigenvalue weighted by atomic mass is 35.5. The van der Waals surface area contributed by atoms with E-state index in [0.29, 0.717) is 5.02 Å². The topological polar surface area (TPSA) is 30.7 Å². The predicted octanol–water partition coefficient (Wildman–Crippen LogP) is 2.95. The summed E-state index contributed by atoms with van der Waals surface area (Å²) in [6.07, 6.45) is 7.12. The van der Waals surface area contributed by atoms with E-state index in [4.69, 9.17) is 11.6 Å². The van der Waals surface area contributed by atoms with Gasteiger partial charge in [-0.05, 0) is 25.1 Å². The smallest absolute Gasteiger partial charge is 0.138 e. The van der Waals surface area contributed by atoms with E-state index >= 15 is 0 Å². The van der Waals surface area contributed by atoms with Crippen molar-refractivity contribution in [1.82, 2.24) is 14.8 Å². The van der Waals surface area contributed by atoms with Crippen LogP contribution in [0.2, 0.25) is 5.02 Å². The van der Waals surface area contributed by atoms with Gasteiger partial charge in [0.2, 0.25) is 0 Å². The molecule has 1 heterocycles. The average Bonchev–Trinajstić information content (AvgIpc) is 2.71. The Hall–Kier alpha value is -1.61. The van der Waals surface area contributed by atoms with Crippen LogP contribution in [-0.2, 0) is 0 Å². The van der Waals surface area contributed by atoms with Crippen LogP contribution in [-0.4, -0.2) is 14.8 Å². The minimum Gasteiger partial charge on any atom is -0.223 e. The zero-order chi connectivity index (χ0) is 10.7. The second-order valence-corrected chi connectivity index (χ2v) is 3.48. The highest BCUT2D eigenvalue weighted by molar-refractivity contribution is 6.30. The van der Waals surface area contributed by atoms with Gasteiger partial charge >= 0.3 is 0 Å². The maximum absolute atomic E-state index is 5.93. The minimum absolute atomic E-state index is 0.715. The van der Waals surface area contributed by atoms with Crippen LogP contribution in [0.25, 0.3) is 11.8 Å². The van der Waals surface area contributed by atoms with Crippen LogP contribution in [0.3, 0.4) is 0 Å². The zero-order valence-electron chi connectivity index (χ0n) is 8.26. The molecule has 0 spiro atoms. The lowest BCUT2D eigenvalue weighted by atomic mass is 10.1. The first-order chi connectivity index (χ1) is 7.31. The molecule has 0 bridgehead atoms. The fourth-order valence-electron chi connectivity index (χ4n) is 1.38. The molecule has 0 atom stereocenters. The lowest BCUT2D eigenvalue weighted by molar-refractivity contribution is 0.877. The highest BCUT2D eigenvalue weighted by Gasteiger charge is 2.03. The highest BCUT2D eigenvalue weighted by Crippen LogP contribution is 2.20. The standard InChI is InChI=1S/C11H10ClN3/c1-2-3-9-6-10(12)4-5-11(9)15-8-13-7-14-15/h2-8H,1H3/b3-2+. The lowest BCUT2D eigenvalue weighted by Crippen LogP contribution is -1.96. The van der Waals surface area contributed by atoms with E-state index in [0.717, 1.165) is 11.3 Å². The van der Waals surface area contributed by atoms with Crippen molar-refractivity contribution < 1.29 is 0 Å². The Balaban J connectivity index is 2.56. The number of rotatable bonds is 2. The summed E-state index contributed by atoms with van der Waals surface area (Å²) < 4.78 is 1.71. The molecule has 0 aliphatic heterocycles. The Morgan fingerprint density at radius 2 is 2.27 bits per heavy atom. The molecular weight excluding hydrogens is 210 g/mol. The summed E-state index contributed by atoms with van der Waals surface area (Å²) in [5.74, 6) is 0. The molecule has 2 rings (SSSR count). The summed E-state index contributed by atoms with van der Waals surface area (Å²) in [7, 11) is 0. The number of allylic oxidation sites excluding steroid dienone is 1. The van der Waals surface area contributed by atoms with Crippen LogP contribution in [0.1, 0.15) is 12.5 Å². The van der Waals surface area contributed by atoms with Crippen LogP contribution in [0.5, 0.6) is 0 Å². The predicted molar refractivity (Wildman–Crippen MR) is 61.1 cm³/mol. The van der Waals surface area contributed by atoms with Crippen molar-refractivity contribution in [3.8, 4) is 5.69 Å². The van der Waals surface area contributed by atoms with Crippen LogP contribution < -0.4 is 0 Å². The fraction of sp³-hybridized carbons (Fsp3) is 0.0909. The van der Waals surface area contributed by atoms with Crippen LogP contribution in [0, 0.1) is 0 Å². The number of hydrogen-bond acceptors (Lipinski definition) is 2. The van der Waals surface area contributed by atoms with Gasteiger partial charge in [-0.2, -0.15) is 5.10 Å². The van der Waals surface area contributed by atoms with E-state index in [9.17, 15) is 0 Å². The Labute approximate surface area is 93.0 Å². The second kappa shape index (κ2) is 4.28. The summed E-state index contributed by atoms with van der Waals surface area (Å²) in [6.45, 7) is 1.96. The van der Waals surface area contributed by atoms with E-state index < -0.39 is 0 Å². The third-order valence-corrected chi connectivity index (χ3v) is 2.24. The van der Waals surface area contributed by atoms with Gasteiger partial charge in [0.05, 0.1) is 5.69 Å². The molecular formula is C11H10ClN3. The third kappa shape index (κ3) is 2.07. The van der Waals surface area contributed by atoms with Crippen molar-refractivity contribution in [3.05, 3.63) is 47.5 Å². The molecule has 0 N–H and O–H groups in total. The van der Waals surface area contributed by atoms with Gasteiger partial charge in [-0.3, -0.25) is 0 Å². The first kappa shape index (κ1) is 9.93. The Morgan fingerprint density at radius 3 is 2.93 bits per heavy atom. The molecule has 3 nitrogen and oxygen atoms in total. The Kier molecular flexibility index (Phi) is 2.83. The van der Waals surface area contributed by atoms with Crippen molar-refractivity contribution >= 4 is 17.7 Å². The largest absolute Gasteiger partial charge is 0.223 e. The van der Waals surface area contributed by atoms with Crippen molar-refractivity contribution in [1.29, 1.82) is 0 Å². The molecule has 0 unspecified atom stereocenters. The van der Waals surface area contributed by atoms with E-state index in [1.165, 1.54) is 6.33 Å². The first-order valence-corrected chi connectivity index (χ1v) is 4.96. The molecule has 0 radical (unpaired) electrons. The van der Waals surface area contributed by atoms with Crippen molar-refractivity contribution in [3.63, 3.8) is 0 Å². The van der Waals surface area contributed by atoms with Crippen molar-refractivity contribution in [2.75, 3.05) is 0 Å². The molecule has 0 aliphatic carbocycles. The van der Waals surface area contributed by atoms with E-state index in [1.807, 2.05) is 37.3 Å². The van der Waals surface area contributed by atoms with Crippen LogP contribution >= 0.6 is 11.6 Å². The molecule has 2 aromatic rings. The lowest BCUT2D eigenvalue weighted by Gasteiger charge is -2.05. The van der Waals surface area contributed by atoms with E-state index in [1.54, 1.807) is 11.0 Å². The summed E-state index contributed by atoms with van der Waals surface area (Å²) in [6, 6.07) is 5.66. The number of benzene rings is 1. The summed E-state index contributed by atoms with van der Waals surface area (Å²) in [4.78, 5) is 3.92. The summed E-state index contributed by atoms with van der Waals surface area (Å²) in [5.41, 5.74) is 1.99. The average molecular weight is 220 g/mol. The summed E-state index contributed by atoms with van der Waals surface area (Å²) in [5, 5.41) is 4.80. The fourth-order valence-corrected chi connectivity index (χ4v) is 1.56. The van der Waals surface area contributed by atoms with Gasteiger partial charge in [0, 0.05) is 10.6 Å². The molecule has 0 amide bonds. The number of halogens is 1. The van der Waals surface area contributed by atoms with Gasteiger partial charge in [0.15, 0.2) is 0 Å². The van der Waals surface area contributed by atoms with E-state index in [2.05, 4.69) is 10.1 Å². The molecule has 4 heteroatoms. The van der Waals surface area contributed by atoms with E-state index in [-0.39, 0.29) is 0 Å². The first-order valence-electron chi connectivity index (χ1n) is 4.58. The van der Waals surface area contributed by atoms with Crippen LogP contribution in [0.15, 0.2) is 36.9 Å². The normalized spacial score (nSPS) is 11.1. The molecule has 0 saturated carbocycles. The quantitative estimate of drug-likeness (QED) is 0.778. The van der Waals surface area contributed by atoms with Gasteiger partial charge in [-0.1, -0.05) is 23.8 Å². The monoisotopic (exact) mass is 219 g/mol. The van der Waals surface area contributed by atoms with Gasteiger partial charge < -0.3 is 0 Å². The zero-order valence-corrected chi connectivity index (χ0v) is 9.02. The molecule has 1 aromatic carbocycles. The number of nitrogens with zero attached hydrogens (tertiary/aromatic N) is 3. The molecule has 0 fully saturated rings.